The molecule has 0 unspecified atom stereocenters. The molecule has 186 valence electrons. The van der Waals surface area contributed by atoms with E-state index < -0.39 is 17.7 Å². The number of hydrogen-bond donors (Lipinski definition) is 1. The molecule has 3 heterocycles. The summed E-state index contributed by atoms with van der Waals surface area (Å²) in [6.45, 7) is 5.44. The van der Waals surface area contributed by atoms with Gasteiger partial charge in [-0.1, -0.05) is 12.1 Å². The predicted octanol–water partition coefficient (Wildman–Crippen LogP) is 4.12. The second-order valence-corrected chi connectivity index (χ2v) is 9.10. The fourth-order valence-electron chi connectivity index (χ4n) is 4.94. The highest BCUT2D eigenvalue weighted by molar-refractivity contribution is 6.46. The molecule has 2 atom stereocenters. The van der Waals surface area contributed by atoms with Gasteiger partial charge in [0.25, 0.3) is 11.7 Å². The smallest absolute Gasteiger partial charge is 0.295 e. The van der Waals surface area contributed by atoms with Gasteiger partial charge in [-0.05, 0) is 61.7 Å². The van der Waals surface area contributed by atoms with Gasteiger partial charge in [-0.15, -0.1) is 0 Å². The van der Waals surface area contributed by atoms with E-state index in [4.69, 9.17) is 9.47 Å². The van der Waals surface area contributed by atoms with Crippen molar-refractivity contribution in [3.8, 4) is 11.5 Å². The fourth-order valence-corrected chi connectivity index (χ4v) is 4.94. The number of likely N-dealkylation sites (tertiary alicyclic amines) is 1. The van der Waals surface area contributed by atoms with Gasteiger partial charge in [-0.2, -0.15) is 0 Å². The summed E-state index contributed by atoms with van der Waals surface area (Å²) in [6, 6.07) is 12.0. The number of carbonyl (C=O) groups is 2. The number of aliphatic hydroxyl groups excluding tert-OH is 1. The number of ketones is 1. The fraction of sp³-hybridized carbons (Fsp3) is 0.321. The topological polar surface area (TPSA) is 93.9 Å². The Morgan fingerprint density at radius 1 is 1.17 bits per heavy atom. The van der Waals surface area contributed by atoms with Crippen LogP contribution in [0.3, 0.4) is 0 Å². The van der Waals surface area contributed by atoms with Crippen molar-refractivity contribution in [1.82, 2.24) is 14.5 Å². The summed E-state index contributed by atoms with van der Waals surface area (Å²) < 4.78 is 13.3. The third-order valence-corrected chi connectivity index (χ3v) is 6.59. The van der Waals surface area contributed by atoms with Crippen LogP contribution in [0.15, 0.2) is 66.8 Å². The van der Waals surface area contributed by atoms with Gasteiger partial charge in [0, 0.05) is 37.5 Å². The van der Waals surface area contributed by atoms with Crippen molar-refractivity contribution in [2.24, 2.45) is 0 Å². The van der Waals surface area contributed by atoms with Crippen molar-refractivity contribution < 1.29 is 24.2 Å². The zero-order valence-corrected chi connectivity index (χ0v) is 20.4. The average Bonchev–Trinajstić information content (AvgIpc) is 3.58. The summed E-state index contributed by atoms with van der Waals surface area (Å²) in [5.74, 6) is 0.0122. The Labute approximate surface area is 209 Å². The molecular weight excluding hydrogens is 458 g/mol. The van der Waals surface area contributed by atoms with Gasteiger partial charge in [-0.25, -0.2) is 4.98 Å². The van der Waals surface area contributed by atoms with Crippen LogP contribution in [0.4, 0.5) is 0 Å². The van der Waals surface area contributed by atoms with Crippen LogP contribution >= 0.6 is 0 Å². The van der Waals surface area contributed by atoms with E-state index in [1.807, 2.05) is 54.9 Å². The van der Waals surface area contributed by atoms with Crippen LogP contribution in [-0.4, -0.2) is 50.5 Å². The first-order valence-corrected chi connectivity index (χ1v) is 12.2. The minimum Gasteiger partial charge on any atom is -0.507 e. The van der Waals surface area contributed by atoms with E-state index in [9.17, 15) is 14.7 Å². The van der Waals surface area contributed by atoms with Gasteiger partial charge in [0.15, 0.2) is 0 Å². The minimum atomic E-state index is -0.702. The first kappa shape index (κ1) is 23.7. The molecule has 2 aromatic carbocycles. The number of carbonyl (C=O) groups excluding carboxylic acids is 2. The molecule has 0 saturated carbocycles. The first-order chi connectivity index (χ1) is 17.5. The molecule has 1 saturated heterocycles. The molecule has 0 bridgehead atoms. The van der Waals surface area contributed by atoms with Gasteiger partial charge in [0.05, 0.1) is 24.5 Å². The summed E-state index contributed by atoms with van der Waals surface area (Å²) >= 11 is 0. The van der Waals surface area contributed by atoms with E-state index in [0.717, 1.165) is 23.3 Å². The number of ether oxygens (including phenoxy) is 2. The third-order valence-electron chi connectivity index (χ3n) is 6.59. The molecule has 36 heavy (non-hydrogen) atoms. The second-order valence-electron chi connectivity index (χ2n) is 9.10. The molecule has 1 N–H and O–H groups in total. The summed E-state index contributed by atoms with van der Waals surface area (Å²) in [4.78, 5) is 32.1. The minimum absolute atomic E-state index is 0.0577. The van der Waals surface area contributed by atoms with E-state index in [0.29, 0.717) is 37.4 Å². The number of rotatable bonds is 8. The first-order valence-electron chi connectivity index (χ1n) is 12.2. The number of amides is 1. The Balaban J connectivity index is 1.52. The summed E-state index contributed by atoms with van der Waals surface area (Å²) in [7, 11) is 0. The van der Waals surface area contributed by atoms with Crippen molar-refractivity contribution in [3.63, 3.8) is 0 Å². The molecule has 3 aromatic rings. The Morgan fingerprint density at radius 2 is 1.97 bits per heavy atom. The molecular formula is C28H29N3O5. The number of Topliss-reactive ketones (excluding diaryl/α,β-unsaturated/α-hetero) is 1. The molecule has 0 spiro atoms. The zero-order chi connectivity index (χ0) is 25.2. The average molecular weight is 488 g/mol. The van der Waals surface area contributed by atoms with Gasteiger partial charge in [0.2, 0.25) is 0 Å². The van der Waals surface area contributed by atoms with Gasteiger partial charge < -0.3 is 24.0 Å². The number of benzene rings is 2. The van der Waals surface area contributed by atoms with Crippen molar-refractivity contribution in [3.05, 3.63) is 83.4 Å². The number of imidazole rings is 1. The summed E-state index contributed by atoms with van der Waals surface area (Å²) in [5, 5.41) is 11.4. The normalized spacial score (nSPS) is 20.4. The molecule has 2 aliphatic rings. The maximum atomic E-state index is 13.3. The van der Waals surface area contributed by atoms with Crippen LogP contribution in [0.5, 0.6) is 11.5 Å². The highest BCUT2D eigenvalue weighted by atomic mass is 16.5. The number of aromatic nitrogens is 2. The second kappa shape index (κ2) is 9.89. The predicted molar refractivity (Wildman–Crippen MR) is 134 cm³/mol. The highest BCUT2D eigenvalue weighted by Crippen LogP contribution is 2.41. The van der Waals surface area contributed by atoms with Crippen molar-refractivity contribution >= 4 is 17.4 Å². The molecule has 1 amide bonds. The van der Waals surface area contributed by atoms with Gasteiger partial charge in [-0.3, -0.25) is 9.59 Å². The Kier molecular flexibility index (Phi) is 6.50. The van der Waals surface area contributed by atoms with Gasteiger partial charge in [0.1, 0.15) is 23.4 Å². The molecule has 2 aliphatic heterocycles. The largest absolute Gasteiger partial charge is 0.507 e. The molecule has 0 radical (unpaired) electrons. The SMILES string of the molecule is CCOc1ccc([C@H]2C(=C(O)c3ccc4c(c3)C[C@@H](C)O4)C(=O)C(=O)N2CCCn2ccnc2)cc1. The van der Waals surface area contributed by atoms with Crippen molar-refractivity contribution in [2.75, 3.05) is 13.2 Å². The lowest BCUT2D eigenvalue weighted by atomic mass is 9.94. The van der Waals surface area contributed by atoms with E-state index >= 15 is 0 Å². The quantitative estimate of drug-likeness (QED) is 0.292. The molecule has 8 nitrogen and oxygen atoms in total. The van der Waals surface area contributed by atoms with Crippen LogP contribution in [0.2, 0.25) is 0 Å². The maximum Gasteiger partial charge on any atom is 0.295 e. The molecule has 1 aromatic heterocycles. The van der Waals surface area contributed by atoms with Crippen molar-refractivity contribution in [1.29, 1.82) is 0 Å². The van der Waals surface area contributed by atoms with E-state index in [-0.39, 0.29) is 17.4 Å². The third kappa shape index (κ3) is 4.46. The maximum absolute atomic E-state index is 13.3. The number of hydrogen-bond acceptors (Lipinski definition) is 6. The van der Waals surface area contributed by atoms with Crippen molar-refractivity contribution in [2.45, 2.75) is 45.4 Å². The lowest BCUT2D eigenvalue weighted by molar-refractivity contribution is -0.139. The van der Waals surface area contributed by atoms with Crippen LogP contribution < -0.4 is 9.47 Å². The van der Waals surface area contributed by atoms with Crippen LogP contribution in [0, 0.1) is 0 Å². The summed E-state index contributed by atoms with van der Waals surface area (Å²) in [6.07, 6.45) is 6.69. The van der Waals surface area contributed by atoms with E-state index in [1.54, 1.807) is 29.6 Å². The van der Waals surface area contributed by atoms with Gasteiger partial charge >= 0.3 is 0 Å². The number of nitrogens with zero attached hydrogens (tertiary/aromatic N) is 3. The Hall–Kier alpha value is -4.07. The number of aliphatic hydroxyl groups is 1. The standard InChI is InChI=1S/C28H29N3O5/c1-3-35-22-8-5-19(6-9-22)25-24(26(32)20-7-10-23-21(16-20)15-18(2)36-23)27(33)28(34)31(25)13-4-12-30-14-11-29-17-30/h5-11,14,16-18,25,32H,3-4,12-13,15H2,1-2H3/t18-,25+/m1/s1. The van der Waals surface area contributed by atoms with Crippen LogP contribution in [-0.2, 0) is 22.6 Å². The van der Waals surface area contributed by atoms with Crippen LogP contribution in [0.25, 0.3) is 5.76 Å². The van der Waals surface area contributed by atoms with Crippen LogP contribution in [0.1, 0.15) is 43.0 Å². The lowest BCUT2D eigenvalue weighted by Gasteiger charge is -2.25. The van der Waals surface area contributed by atoms with E-state index in [2.05, 4.69) is 4.98 Å². The molecule has 5 rings (SSSR count). The molecule has 0 aliphatic carbocycles. The Morgan fingerprint density at radius 3 is 2.69 bits per heavy atom. The number of aryl methyl sites for hydroxylation is 1. The monoisotopic (exact) mass is 487 g/mol. The molecule has 1 fully saturated rings. The lowest BCUT2D eigenvalue weighted by Crippen LogP contribution is -2.31. The molecule has 8 heteroatoms. The number of fused-ring (bicyclic) bond motifs is 1. The van der Waals surface area contributed by atoms with E-state index in [1.165, 1.54) is 0 Å². The Bertz CT molecular complexity index is 1300. The zero-order valence-electron chi connectivity index (χ0n) is 20.4. The highest BCUT2D eigenvalue weighted by Gasteiger charge is 2.45. The summed E-state index contributed by atoms with van der Waals surface area (Å²) in [5.41, 5.74) is 2.30.